The Kier molecular flexibility index (Phi) is 4.44. The van der Waals surface area contributed by atoms with Crippen molar-refractivity contribution < 1.29 is 13.9 Å². The highest BCUT2D eigenvalue weighted by Crippen LogP contribution is 2.39. The Morgan fingerprint density at radius 1 is 1.38 bits per heavy atom. The molecule has 138 valence electrons. The van der Waals surface area contributed by atoms with E-state index in [1.807, 2.05) is 36.1 Å². The molecule has 2 aromatic heterocycles. The molecule has 1 atom stereocenters. The molecule has 26 heavy (non-hydrogen) atoms. The minimum atomic E-state index is -0.00150. The fourth-order valence-electron chi connectivity index (χ4n) is 4.10. The number of ether oxygens (including phenoxy) is 1. The summed E-state index contributed by atoms with van der Waals surface area (Å²) in [5.41, 5.74) is 0.960. The number of carbonyl (C=O) groups is 1. The summed E-state index contributed by atoms with van der Waals surface area (Å²) in [4.78, 5) is 21.1. The SMILES string of the molecule is Cc1ccoc1C(=O)N1CC2(C[C@@H](COc3ccccn3)CCN2C)C1. The molecule has 2 saturated heterocycles. The van der Waals surface area contributed by atoms with Gasteiger partial charge < -0.3 is 14.1 Å². The number of likely N-dealkylation sites (tertiary alicyclic amines) is 2. The predicted octanol–water partition coefficient (Wildman–Crippen LogP) is 2.60. The van der Waals surface area contributed by atoms with E-state index >= 15 is 0 Å². The summed E-state index contributed by atoms with van der Waals surface area (Å²) in [5.74, 6) is 1.63. The molecule has 4 heterocycles. The number of piperidine rings is 1. The first-order valence-corrected chi connectivity index (χ1v) is 9.16. The number of pyridine rings is 1. The molecule has 1 spiro atoms. The van der Waals surface area contributed by atoms with Crippen LogP contribution in [0.3, 0.4) is 0 Å². The maximum Gasteiger partial charge on any atom is 0.289 e. The Labute approximate surface area is 153 Å². The van der Waals surface area contributed by atoms with Crippen LogP contribution in [0.4, 0.5) is 0 Å². The van der Waals surface area contributed by atoms with E-state index < -0.39 is 0 Å². The third-order valence-electron chi connectivity index (χ3n) is 5.77. The summed E-state index contributed by atoms with van der Waals surface area (Å²) >= 11 is 0. The normalized spacial score (nSPS) is 22.2. The molecular weight excluding hydrogens is 330 g/mol. The van der Waals surface area contributed by atoms with Gasteiger partial charge in [0.2, 0.25) is 5.88 Å². The van der Waals surface area contributed by atoms with E-state index in [1.165, 1.54) is 0 Å². The second-order valence-corrected chi connectivity index (χ2v) is 7.58. The van der Waals surface area contributed by atoms with E-state index in [0.717, 1.165) is 38.0 Å². The van der Waals surface area contributed by atoms with Gasteiger partial charge in [0.15, 0.2) is 5.76 Å². The van der Waals surface area contributed by atoms with Gasteiger partial charge >= 0.3 is 0 Å². The lowest BCUT2D eigenvalue weighted by atomic mass is 9.75. The summed E-state index contributed by atoms with van der Waals surface area (Å²) in [7, 11) is 2.16. The number of likely N-dealkylation sites (N-methyl/N-ethyl adjacent to an activating group) is 1. The molecule has 2 aliphatic rings. The standard InChI is InChI=1S/C20H25N3O3/c1-15-7-10-25-18(15)19(24)23-13-20(14-23)11-16(6-9-22(20)2)12-26-17-5-3-4-8-21-17/h3-5,7-8,10,16H,6,9,11-14H2,1-2H3/t16-/m0/s1. The molecule has 0 saturated carbocycles. The Hall–Kier alpha value is -2.34. The maximum absolute atomic E-state index is 12.6. The Morgan fingerprint density at radius 3 is 2.92 bits per heavy atom. The monoisotopic (exact) mass is 355 g/mol. The van der Waals surface area contributed by atoms with Crippen molar-refractivity contribution >= 4 is 5.91 Å². The van der Waals surface area contributed by atoms with Crippen molar-refractivity contribution in [2.45, 2.75) is 25.3 Å². The van der Waals surface area contributed by atoms with Gasteiger partial charge in [0, 0.05) is 30.9 Å². The van der Waals surface area contributed by atoms with Crippen LogP contribution in [0.1, 0.15) is 29.0 Å². The molecule has 0 aromatic carbocycles. The van der Waals surface area contributed by atoms with Gasteiger partial charge in [-0.2, -0.15) is 0 Å². The fraction of sp³-hybridized carbons (Fsp3) is 0.500. The lowest BCUT2D eigenvalue weighted by Crippen LogP contribution is -2.72. The topological polar surface area (TPSA) is 58.8 Å². The van der Waals surface area contributed by atoms with E-state index in [9.17, 15) is 4.79 Å². The second kappa shape index (κ2) is 6.76. The molecular formula is C20H25N3O3. The third-order valence-corrected chi connectivity index (χ3v) is 5.77. The number of aromatic nitrogens is 1. The number of nitrogens with zero attached hydrogens (tertiary/aromatic N) is 3. The largest absolute Gasteiger partial charge is 0.477 e. The van der Waals surface area contributed by atoms with Crippen LogP contribution >= 0.6 is 0 Å². The van der Waals surface area contributed by atoms with Gasteiger partial charge in [-0.05, 0) is 51.4 Å². The highest BCUT2D eigenvalue weighted by Gasteiger charge is 2.51. The van der Waals surface area contributed by atoms with Gasteiger partial charge in [-0.3, -0.25) is 9.69 Å². The summed E-state index contributed by atoms with van der Waals surface area (Å²) in [5, 5.41) is 0. The zero-order valence-electron chi connectivity index (χ0n) is 15.4. The minimum absolute atomic E-state index is 0.00150. The van der Waals surface area contributed by atoms with Gasteiger partial charge in [0.05, 0.1) is 18.4 Å². The van der Waals surface area contributed by atoms with Crippen LogP contribution < -0.4 is 4.74 Å². The van der Waals surface area contributed by atoms with Crippen LogP contribution in [0.5, 0.6) is 5.88 Å². The van der Waals surface area contributed by atoms with Crippen molar-refractivity contribution in [3.05, 3.63) is 48.0 Å². The quantitative estimate of drug-likeness (QED) is 0.844. The number of amides is 1. The zero-order chi connectivity index (χ0) is 18.1. The number of aryl methyl sites for hydroxylation is 1. The predicted molar refractivity (Wildman–Crippen MR) is 97.2 cm³/mol. The van der Waals surface area contributed by atoms with Crippen molar-refractivity contribution in [2.24, 2.45) is 5.92 Å². The first kappa shape index (κ1) is 17.1. The maximum atomic E-state index is 12.6. The first-order valence-electron chi connectivity index (χ1n) is 9.16. The second-order valence-electron chi connectivity index (χ2n) is 7.58. The lowest BCUT2D eigenvalue weighted by molar-refractivity contribution is -0.0703. The number of rotatable bonds is 4. The minimum Gasteiger partial charge on any atom is -0.477 e. The fourth-order valence-corrected chi connectivity index (χ4v) is 4.10. The molecule has 1 amide bonds. The lowest BCUT2D eigenvalue weighted by Gasteiger charge is -2.58. The van der Waals surface area contributed by atoms with Gasteiger partial charge in [0.25, 0.3) is 5.91 Å². The first-order chi connectivity index (χ1) is 12.6. The highest BCUT2D eigenvalue weighted by atomic mass is 16.5. The summed E-state index contributed by atoms with van der Waals surface area (Å²) < 4.78 is 11.2. The van der Waals surface area contributed by atoms with E-state index in [4.69, 9.17) is 9.15 Å². The van der Waals surface area contributed by atoms with Crippen LogP contribution in [0.25, 0.3) is 0 Å². The van der Waals surface area contributed by atoms with Gasteiger partial charge in [-0.25, -0.2) is 4.98 Å². The summed E-state index contributed by atoms with van der Waals surface area (Å²) in [6.07, 6.45) is 5.47. The number of hydrogen-bond donors (Lipinski definition) is 0. The average Bonchev–Trinajstić information content (AvgIpc) is 3.05. The molecule has 4 rings (SSSR count). The van der Waals surface area contributed by atoms with E-state index in [1.54, 1.807) is 12.5 Å². The highest BCUT2D eigenvalue weighted by molar-refractivity contribution is 5.93. The summed E-state index contributed by atoms with van der Waals surface area (Å²) in [6.45, 7) is 5.12. The number of hydrogen-bond acceptors (Lipinski definition) is 5. The zero-order valence-corrected chi connectivity index (χ0v) is 15.4. The van der Waals surface area contributed by atoms with Gasteiger partial charge in [-0.15, -0.1) is 0 Å². The van der Waals surface area contributed by atoms with E-state index in [2.05, 4.69) is 16.9 Å². The summed E-state index contributed by atoms with van der Waals surface area (Å²) in [6, 6.07) is 7.54. The molecule has 0 N–H and O–H groups in total. The van der Waals surface area contributed by atoms with Crippen molar-refractivity contribution in [1.82, 2.24) is 14.8 Å². The van der Waals surface area contributed by atoms with Crippen molar-refractivity contribution in [3.8, 4) is 5.88 Å². The van der Waals surface area contributed by atoms with Gasteiger partial charge in [0.1, 0.15) is 0 Å². The Bertz CT molecular complexity index is 768. The Morgan fingerprint density at radius 2 is 2.23 bits per heavy atom. The molecule has 6 heteroatoms. The van der Waals surface area contributed by atoms with Crippen LogP contribution in [0, 0.1) is 12.8 Å². The molecule has 6 nitrogen and oxygen atoms in total. The van der Waals surface area contributed by atoms with Crippen LogP contribution in [-0.4, -0.2) is 59.5 Å². The third kappa shape index (κ3) is 3.09. The number of furan rings is 1. The molecule has 0 unspecified atom stereocenters. The smallest absolute Gasteiger partial charge is 0.289 e. The molecule has 2 aromatic rings. The van der Waals surface area contributed by atoms with E-state index in [0.29, 0.717) is 24.2 Å². The molecule has 2 aliphatic heterocycles. The molecule has 0 radical (unpaired) electrons. The van der Waals surface area contributed by atoms with Crippen LogP contribution in [-0.2, 0) is 0 Å². The van der Waals surface area contributed by atoms with Crippen LogP contribution in [0.2, 0.25) is 0 Å². The van der Waals surface area contributed by atoms with Gasteiger partial charge in [-0.1, -0.05) is 6.07 Å². The molecule has 2 fully saturated rings. The van der Waals surface area contributed by atoms with Crippen molar-refractivity contribution in [3.63, 3.8) is 0 Å². The molecule has 0 aliphatic carbocycles. The number of carbonyl (C=O) groups excluding carboxylic acids is 1. The average molecular weight is 355 g/mol. The van der Waals surface area contributed by atoms with E-state index in [-0.39, 0.29) is 11.4 Å². The Balaban J connectivity index is 1.36. The van der Waals surface area contributed by atoms with Crippen molar-refractivity contribution in [1.29, 1.82) is 0 Å². The molecule has 0 bridgehead atoms. The van der Waals surface area contributed by atoms with Crippen molar-refractivity contribution in [2.75, 3.05) is 33.3 Å². The van der Waals surface area contributed by atoms with Crippen LogP contribution in [0.15, 0.2) is 41.1 Å².